The topological polar surface area (TPSA) is 47.4 Å². The fraction of sp³-hybridized carbons (Fsp3) is 0.238. The molecular formula is C21H20ClN3O2. The zero-order valence-electron chi connectivity index (χ0n) is 15.0. The second-order valence-corrected chi connectivity index (χ2v) is 6.95. The lowest BCUT2D eigenvalue weighted by Crippen LogP contribution is -2.42. The predicted molar refractivity (Wildman–Crippen MR) is 105 cm³/mol. The summed E-state index contributed by atoms with van der Waals surface area (Å²) in [6.45, 7) is 1.60. The number of morpholine rings is 1. The van der Waals surface area contributed by atoms with E-state index in [4.69, 9.17) is 16.3 Å². The number of rotatable bonds is 3. The van der Waals surface area contributed by atoms with Crippen molar-refractivity contribution in [3.05, 3.63) is 76.9 Å². The van der Waals surface area contributed by atoms with Crippen molar-refractivity contribution in [2.24, 2.45) is 7.05 Å². The zero-order valence-corrected chi connectivity index (χ0v) is 15.8. The summed E-state index contributed by atoms with van der Waals surface area (Å²) in [6, 6.07) is 19.3. The number of amides is 1. The minimum Gasteiger partial charge on any atom is -0.370 e. The molecule has 0 N–H and O–H groups in total. The number of ether oxygens (including phenoxy) is 1. The minimum atomic E-state index is -0.111. The first-order valence-electron chi connectivity index (χ1n) is 8.88. The number of aryl methyl sites for hydroxylation is 1. The predicted octanol–water partition coefficient (Wildman–Crippen LogP) is 3.95. The highest BCUT2D eigenvalue weighted by Gasteiger charge is 2.28. The van der Waals surface area contributed by atoms with Gasteiger partial charge in [-0.25, -0.2) is 0 Å². The Kier molecular flexibility index (Phi) is 4.97. The lowest BCUT2D eigenvalue weighted by molar-refractivity contribution is -0.0231. The first-order chi connectivity index (χ1) is 13.1. The second-order valence-electron chi connectivity index (χ2n) is 6.54. The largest absolute Gasteiger partial charge is 0.370 e. The summed E-state index contributed by atoms with van der Waals surface area (Å²) in [4.78, 5) is 14.9. The van der Waals surface area contributed by atoms with Gasteiger partial charge in [0.25, 0.3) is 5.91 Å². The number of carbonyl (C=O) groups excluding carboxylic acids is 1. The SMILES string of the molecule is Cn1nc(-c2ccccc2Cl)cc1C(=O)N1CCOC(c2ccccc2)C1. The fourth-order valence-corrected chi connectivity index (χ4v) is 3.57. The van der Waals surface area contributed by atoms with Crippen LogP contribution in [-0.4, -0.2) is 40.3 Å². The number of aromatic nitrogens is 2. The monoisotopic (exact) mass is 381 g/mol. The number of carbonyl (C=O) groups is 1. The summed E-state index contributed by atoms with van der Waals surface area (Å²) < 4.78 is 7.49. The average molecular weight is 382 g/mol. The van der Waals surface area contributed by atoms with E-state index in [9.17, 15) is 4.79 Å². The lowest BCUT2D eigenvalue weighted by atomic mass is 10.1. The van der Waals surface area contributed by atoms with Crippen molar-refractivity contribution in [1.29, 1.82) is 0 Å². The maximum absolute atomic E-state index is 13.1. The number of nitrogens with zero attached hydrogens (tertiary/aromatic N) is 3. The normalized spacial score (nSPS) is 17.1. The third kappa shape index (κ3) is 3.61. The Balaban J connectivity index is 1.57. The Hall–Kier alpha value is -2.63. The molecule has 4 rings (SSSR count). The van der Waals surface area contributed by atoms with E-state index in [1.165, 1.54) is 0 Å². The van der Waals surface area contributed by atoms with Gasteiger partial charge < -0.3 is 9.64 Å². The average Bonchev–Trinajstić information content (AvgIpc) is 3.10. The molecule has 0 saturated carbocycles. The third-order valence-corrected chi connectivity index (χ3v) is 5.10. The van der Waals surface area contributed by atoms with Crippen molar-refractivity contribution in [2.45, 2.75) is 6.10 Å². The summed E-state index contributed by atoms with van der Waals surface area (Å²) in [5.74, 6) is -0.0486. The molecule has 5 nitrogen and oxygen atoms in total. The van der Waals surface area contributed by atoms with Gasteiger partial charge in [-0.2, -0.15) is 5.10 Å². The molecule has 2 heterocycles. The van der Waals surface area contributed by atoms with Crippen molar-refractivity contribution in [3.8, 4) is 11.3 Å². The molecule has 1 unspecified atom stereocenters. The molecule has 1 aliphatic heterocycles. The molecule has 0 aliphatic carbocycles. The molecule has 0 radical (unpaired) electrons. The molecule has 2 aromatic carbocycles. The fourth-order valence-electron chi connectivity index (χ4n) is 3.33. The van der Waals surface area contributed by atoms with E-state index in [1.54, 1.807) is 17.8 Å². The van der Waals surface area contributed by atoms with Crippen LogP contribution in [0.1, 0.15) is 22.2 Å². The Labute approximate surface area is 163 Å². The summed E-state index contributed by atoms with van der Waals surface area (Å²) >= 11 is 6.27. The van der Waals surface area contributed by atoms with Crippen molar-refractivity contribution < 1.29 is 9.53 Å². The van der Waals surface area contributed by atoms with Gasteiger partial charge in [0.15, 0.2) is 0 Å². The van der Waals surface area contributed by atoms with Gasteiger partial charge in [-0.1, -0.05) is 60.1 Å². The Morgan fingerprint density at radius 1 is 1.15 bits per heavy atom. The van der Waals surface area contributed by atoms with Gasteiger partial charge in [-0.3, -0.25) is 9.48 Å². The van der Waals surface area contributed by atoms with E-state index in [0.29, 0.717) is 36.1 Å². The number of benzene rings is 2. The highest BCUT2D eigenvalue weighted by Crippen LogP contribution is 2.28. The van der Waals surface area contributed by atoms with E-state index in [1.807, 2.05) is 59.5 Å². The molecule has 1 fully saturated rings. The van der Waals surface area contributed by atoms with Gasteiger partial charge >= 0.3 is 0 Å². The summed E-state index contributed by atoms with van der Waals surface area (Å²) in [5, 5.41) is 5.10. The molecular weight excluding hydrogens is 362 g/mol. The van der Waals surface area contributed by atoms with Crippen molar-refractivity contribution in [1.82, 2.24) is 14.7 Å². The summed E-state index contributed by atoms with van der Waals surface area (Å²) in [6.07, 6.45) is -0.111. The van der Waals surface area contributed by atoms with Gasteiger partial charge in [-0.05, 0) is 17.7 Å². The summed E-state index contributed by atoms with van der Waals surface area (Å²) in [5.41, 5.74) is 3.13. The van der Waals surface area contributed by atoms with Crippen LogP contribution in [0.5, 0.6) is 0 Å². The molecule has 0 bridgehead atoms. The first kappa shape index (κ1) is 17.8. The highest BCUT2D eigenvalue weighted by molar-refractivity contribution is 6.33. The summed E-state index contributed by atoms with van der Waals surface area (Å²) in [7, 11) is 1.78. The van der Waals surface area contributed by atoms with Crippen LogP contribution in [0.3, 0.4) is 0 Å². The van der Waals surface area contributed by atoms with E-state index in [0.717, 1.165) is 11.1 Å². The molecule has 3 aromatic rings. The third-order valence-electron chi connectivity index (χ3n) is 4.77. The molecule has 6 heteroatoms. The Morgan fingerprint density at radius 3 is 2.67 bits per heavy atom. The number of hydrogen-bond acceptors (Lipinski definition) is 3. The number of halogens is 1. The maximum atomic E-state index is 13.1. The van der Waals surface area contributed by atoms with Crippen molar-refractivity contribution in [3.63, 3.8) is 0 Å². The molecule has 1 saturated heterocycles. The van der Waals surface area contributed by atoms with Crippen LogP contribution in [0.15, 0.2) is 60.7 Å². The maximum Gasteiger partial charge on any atom is 0.272 e. The second kappa shape index (κ2) is 7.55. The van der Waals surface area contributed by atoms with Gasteiger partial charge in [0.1, 0.15) is 11.8 Å². The minimum absolute atomic E-state index is 0.0486. The van der Waals surface area contributed by atoms with Gasteiger partial charge in [-0.15, -0.1) is 0 Å². The molecule has 1 aromatic heterocycles. The Morgan fingerprint density at radius 2 is 1.89 bits per heavy atom. The molecule has 0 spiro atoms. The molecule has 1 atom stereocenters. The van der Waals surface area contributed by atoms with Crippen LogP contribution in [0.25, 0.3) is 11.3 Å². The van der Waals surface area contributed by atoms with E-state index < -0.39 is 0 Å². The van der Waals surface area contributed by atoms with Crippen molar-refractivity contribution >= 4 is 17.5 Å². The van der Waals surface area contributed by atoms with Crippen LogP contribution in [0.4, 0.5) is 0 Å². The van der Waals surface area contributed by atoms with Crippen LogP contribution >= 0.6 is 11.6 Å². The quantitative estimate of drug-likeness (QED) is 0.690. The molecule has 1 aliphatic rings. The smallest absolute Gasteiger partial charge is 0.272 e. The van der Waals surface area contributed by atoms with Crippen molar-refractivity contribution in [2.75, 3.05) is 19.7 Å². The van der Waals surface area contributed by atoms with Crippen LogP contribution in [0, 0.1) is 0 Å². The molecule has 138 valence electrons. The molecule has 1 amide bonds. The first-order valence-corrected chi connectivity index (χ1v) is 9.26. The van der Waals surface area contributed by atoms with Crippen LogP contribution in [0.2, 0.25) is 5.02 Å². The van der Waals surface area contributed by atoms with Gasteiger partial charge in [0.05, 0.1) is 23.9 Å². The van der Waals surface area contributed by atoms with Gasteiger partial charge in [0.2, 0.25) is 0 Å². The Bertz CT molecular complexity index is 955. The van der Waals surface area contributed by atoms with E-state index >= 15 is 0 Å². The lowest BCUT2D eigenvalue weighted by Gasteiger charge is -2.33. The highest BCUT2D eigenvalue weighted by atomic mass is 35.5. The standard InChI is InChI=1S/C21H20ClN3O2/c1-24-19(13-18(23-24)16-9-5-6-10-17(16)22)21(26)25-11-12-27-20(14-25)15-7-3-2-4-8-15/h2-10,13,20H,11-12,14H2,1H3. The molecule has 27 heavy (non-hydrogen) atoms. The van der Waals surface area contributed by atoms with Crippen LogP contribution in [-0.2, 0) is 11.8 Å². The van der Waals surface area contributed by atoms with E-state index in [-0.39, 0.29) is 12.0 Å². The zero-order chi connectivity index (χ0) is 18.8. The van der Waals surface area contributed by atoms with Crippen LogP contribution < -0.4 is 0 Å². The number of hydrogen-bond donors (Lipinski definition) is 0. The van der Waals surface area contributed by atoms with E-state index in [2.05, 4.69) is 5.10 Å². The van der Waals surface area contributed by atoms with Gasteiger partial charge in [0, 0.05) is 19.2 Å².